The summed E-state index contributed by atoms with van der Waals surface area (Å²) >= 11 is 5.85. The number of ether oxygens (including phenoxy) is 1. The highest BCUT2D eigenvalue weighted by Gasteiger charge is 2.02. The van der Waals surface area contributed by atoms with Crippen molar-refractivity contribution >= 4 is 11.6 Å². The molecule has 0 saturated heterocycles. The number of hydrogen-bond donors (Lipinski definition) is 1. The minimum absolute atomic E-state index is 0.0962. The number of benzene rings is 2. The first-order valence-corrected chi connectivity index (χ1v) is 5.21. The van der Waals surface area contributed by atoms with E-state index in [9.17, 15) is 5.11 Å². The van der Waals surface area contributed by atoms with Crippen LogP contribution in [0.4, 0.5) is 0 Å². The fraction of sp³-hybridized carbons (Fsp3) is 0.0769. The van der Waals surface area contributed by atoms with Crippen molar-refractivity contribution in [1.29, 1.82) is 0 Å². The van der Waals surface area contributed by atoms with Crippen LogP contribution in [0.25, 0.3) is 11.1 Å². The molecular weight excluding hydrogens is 224 g/mol. The maximum atomic E-state index is 9.32. The third-order valence-corrected chi connectivity index (χ3v) is 2.67. The Bertz CT molecular complexity index is 492. The van der Waals surface area contributed by atoms with Crippen LogP contribution in [0.2, 0.25) is 5.02 Å². The Morgan fingerprint density at radius 3 is 2.19 bits per heavy atom. The molecule has 1 N–H and O–H groups in total. The van der Waals surface area contributed by atoms with E-state index >= 15 is 0 Å². The van der Waals surface area contributed by atoms with Crippen molar-refractivity contribution in [2.45, 2.75) is 0 Å². The van der Waals surface area contributed by atoms with Gasteiger partial charge >= 0.3 is 0 Å². The van der Waals surface area contributed by atoms with Gasteiger partial charge in [0.25, 0.3) is 0 Å². The molecule has 82 valence electrons. The van der Waals surface area contributed by atoms with Gasteiger partial charge in [0.1, 0.15) is 11.5 Å². The molecule has 0 aliphatic heterocycles. The Labute approximate surface area is 99.1 Å². The van der Waals surface area contributed by atoms with Crippen LogP contribution in [-0.4, -0.2) is 12.2 Å². The summed E-state index contributed by atoms with van der Waals surface area (Å²) in [6, 6.07) is 12.8. The zero-order valence-electron chi connectivity index (χ0n) is 8.77. The normalized spacial score (nSPS) is 10.1. The van der Waals surface area contributed by atoms with Gasteiger partial charge in [0.2, 0.25) is 0 Å². The molecule has 0 unspecified atom stereocenters. The maximum Gasteiger partial charge on any atom is 0.134 e. The van der Waals surface area contributed by atoms with E-state index in [4.69, 9.17) is 16.3 Å². The van der Waals surface area contributed by atoms with E-state index in [2.05, 4.69) is 0 Å². The highest BCUT2D eigenvalue weighted by molar-refractivity contribution is 6.32. The molecule has 2 aromatic rings. The van der Waals surface area contributed by atoms with Crippen molar-refractivity contribution < 1.29 is 9.84 Å². The van der Waals surface area contributed by atoms with Gasteiger partial charge in [0.05, 0.1) is 12.1 Å². The van der Waals surface area contributed by atoms with E-state index in [0.29, 0.717) is 5.02 Å². The van der Waals surface area contributed by atoms with Crippen LogP contribution in [-0.2, 0) is 0 Å². The number of phenolic OH excluding ortho intramolecular Hbond substituents is 1. The van der Waals surface area contributed by atoms with Gasteiger partial charge in [-0.3, -0.25) is 0 Å². The first-order valence-electron chi connectivity index (χ1n) is 4.83. The summed E-state index contributed by atoms with van der Waals surface area (Å²) in [6.45, 7) is 0. The van der Waals surface area contributed by atoms with Crippen molar-refractivity contribution in [3.63, 3.8) is 0 Å². The first kappa shape index (κ1) is 10.8. The molecule has 0 aromatic heterocycles. The number of phenols is 1. The number of rotatable bonds is 2. The molecule has 0 aliphatic rings. The lowest BCUT2D eigenvalue weighted by molar-refractivity contribution is 0.415. The molecule has 2 aromatic carbocycles. The van der Waals surface area contributed by atoms with E-state index in [1.165, 1.54) is 0 Å². The largest absolute Gasteiger partial charge is 0.506 e. The van der Waals surface area contributed by atoms with Gasteiger partial charge in [0, 0.05) is 0 Å². The summed E-state index contributed by atoms with van der Waals surface area (Å²) in [5.41, 5.74) is 1.99. The molecule has 0 bridgehead atoms. The molecule has 0 saturated carbocycles. The second kappa shape index (κ2) is 4.45. The van der Waals surface area contributed by atoms with Crippen LogP contribution in [0.1, 0.15) is 0 Å². The minimum Gasteiger partial charge on any atom is -0.506 e. The van der Waals surface area contributed by atoms with Crippen molar-refractivity contribution in [2.24, 2.45) is 0 Å². The zero-order valence-corrected chi connectivity index (χ0v) is 9.53. The van der Waals surface area contributed by atoms with Crippen LogP contribution >= 0.6 is 11.6 Å². The molecular formula is C13H11ClO2. The van der Waals surface area contributed by atoms with Gasteiger partial charge in [-0.15, -0.1) is 0 Å². The summed E-state index contributed by atoms with van der Waals surface area (Å²) in [5.74, 6) is 0.910. The Morgan fingerprint density at radius 1 is 1.00 bits per heavy atom. The van der Waals surface area contributed by atoms with Gasteiger partial charge in [-0.05, 0) is 35.4 Å². The number of aromatic hydroxyl groups is 1. The standard InChI is InChI=1S/C13H11ClO2/c1-16-11-5-2-9(3-6-11)10-4-7-13(15)12(14)8-10/h2-8,15H,1H3. The topological polar surface area (TPSA) is 29.5 Å². The molecule has 0 heterocycles. The molecule has 2 nitrogen and oxygen atoms in total. The average Bonchev–Trinajstić information content (AvgIpc) is 2.33. The minimum atomic E-state index is 0.0962. The molecule has 0 aliphatic carbocycles. The maximum absolute atomic E-state index is 9.32. The van der Waals surface area contributed by atoms with E-state index in [1.54, 1.807) is 19.2 Å². The lowest BCUT2D eigenvalue weighted by Gasteiger charge is -2.05. The summed E-state index contributed by atoms with van der Waals surface area (Å²) in [5, 5.41) is 9.68. The van der Waals surface area contributed by atoms with Crippen molar-refractivity contribution in [3.05, 3.63) is 47.5 Å². The molecule has 0 spiro atoms. The number of hydrogen-bond acceptors (Lipinski definition) is 2. The van der Waals surface area contributed by atoms with Gasteiger partial charge in [-0.2, -0.15) is 0 Å². The molecule has 3 heteroatoms. The van der Waals surface area contributed by atoms with Crippen molar-refractivity contribution in [3.8, 4) is 22.6 Å². The van der Waals surface area contributed by atoms with Gasteiger partial charge in [0.15, 0.2) is 0 Å². The van der Waals surface area contributed by atoms with E-state index in [-0.39, 0.29) is 5.75 Å². The van der Waals surface area contributed by atoms with Crippen LogP contribution in [0.5, 0.6) is 11.5 Å². The molecule has 0 atom stereocenters. The predicted molar refractivity (Wildman–Crippen MR) is 65.1 cm³/mol. The number of methoxy groups -OCH3 is 1. The fourth-order valence-corrected chi connectivity index (χ4v) is 1.65. The zero-order chi connectivity index (χ0) is 11.5. The average molecular weight is 235 g/mol. The van der Waals surface area contributed by atoms with Crippen LogP contribution in [0, 0.1) is 0 Å². The Balaban J connectivity index is 2.38. The Morgan fingerprint density at radius 2 is 1.62 bits per heavy atom. The predicted octanol–water partition coefficient (Wildman–Crippen LogP) is 3.72. The quantitative estimate of drug-likeness (QED) is 0.858. The number of halogens is 1. The summed E-state index contributed by atoms with van der Waals surface area (Å²) < 4.78 is 5.08. The molecule has 2 rings (SSSR count). The Kier molecular flexibility index (Phi) is 3.02. The SMILES string of the molecule is COc1ccc(-c2ccc(O)c(Cl)c2)cc1. The molecule has 0 fully saturated rings. The lowest BCUT2D eigenvalue weighted by atomic mass is 10.1. The second-order valence-electron chi connectivity index (χ2n) is 3.39. The highest BCUT2D eigenvalue weighted by Crippen LogP contribution is 2.30. The highest BCUT2D eigenvalue weighted by atomic mass is 35.5. The van der Waals surface area contributed by atoms with Crippen LogP contribution in [0.15, 0.2) is 42.5 Å². The van der Waals surface area contributed by atoms with Crippen molar-refractivity contribution in [2.75, 3.05) is 7.11 Å². The van der Waals surface area contributed by atoms with Crippen molar-refractivity contribution in [1.82, 2.24) is 0 Å². The fourth-order valence-electron chi connectivity index (χ4n) is 1.47. The van der Waals surface area contributed by atoms with E-state index in [1.807, 2.05) is 30.3 Å². The first-order chi connectivity index (χ1) is 7.70. The van der Waals surface area contributed by atoms with E-state index < -0.39 is 0 Å². The smallest absolute Gasteiger partial charge is 0.134 e. The molecule has 0 radical (unpaired) electrons. The third-order valence-electron chi connectivity index (χ3n) is 2.37. The van der Waals surface area contributed by atoms with Gasteiger partial charge in [-0.1, -0.05) is 29.8 Å². The third kappa shape index (κ3) is 2.12. The monoisotopic (exact) mass is 234 g/mol. The Hall–Kier alpha value is -1.67. The second-order valence-corrected chi connectivity index (χ2v) is 3.80. The van der Waals surface area contributed by atoms with Gasteiger partial charge < -0.3 is 9.84 Å². The lowest BCUT2D eigenvalue weighted by Crippen LogP contribution is -1.82. The van der Waals surface area contributed by atoms with Gasteiger partial charge in [-0.25, -0.2) is 0 Å². The van der Waals surface area contributed by atoms with Crippen LogP contribution in [0.3, 0.4) is 0 Å². The molecule has 0 amide bonds. The summed E-state index contributed by atoms with van der Waals surface area (Å²) in [7, 11) is 1.63. The molecule has 16 heavy (non-hydrogen) atoms. The van der Waals surface area contributed by atoms with E-state index in [0.717, 1.165) is 16.9 Å². The van der Waals surface area contributed by atoms with Crippen LogP contribution < -0.4 is 4.74 Å². The summed E-state index contributed by atoms with van der Waals surface area (Å²) in [6.07, 6.45) is 0. The summed E-state index contributed by atoms with van der Waals surface area (Å²) in [4.78, 5) is 0.